The first kappa shape index (κ1) is 15.9. The Morgan fingerprint density at radius 1 is 1.12 bits per heavy atom. The standard InChI is InChI=1S/C20H23N3O2/c24-20(22-17-10-14-25-18-9-3-2-7-15(17)18)16-8-6-11-21-19(16)23-12-4-1-5-13-23/h2-3,6-9,11,17H,1,4-5,10,12-14H2,(H,22,24)/t17-/m0/s1. The number of carbonyl (C=O) groups excluding carboxylic acids is 1. The van der Waals surface area contributed by atoms with Gasteiger partial charge in [0.2, 0.25) is 0 Å². The lowest BCUT2D eigenvalue weighted by Gasteiger charge is -2.30. The number of pyridine rings is 1. The van der Waals surface area contributed by atoms with E-state index < -0.39 is 0 Å². The molecule has 0 saturated carbocycles. The zero-order valence-electron chi connectivity index (χ0n) is 14.3. The molecule has 2 aliphatic rings. The molecule has 1 aromatic carbocycles. The van der Waals surface area contributed by atoms with Gasteiger partial charge in [0, 0.05) is 31.3 Å². The Kier molecular flexibility index (Phi) is 4.55. The van der Waals surface area contributed by atoms with Gasteiger partial charge in [-0.3, -0.25) is 4.79 Å². The Hall–Kier alpha value is -2.56. The summed E-state index contributed by atoms with van der Waals surface area (Å²) >= 11 is 0. The fourth-order valence-corrected chi connectivity index (χ4v) is 3.66. The van der Waals surface area contributed by atoms with Gasteiger partial charge in [-0.05, 0) is 37.5 Å². The maximum absolute atomic E-state index is 13.0. The quantitative estimate of drug-likeness (QED) is 0.933. The predicted molar refractivity (Wildman–Crippen MR) is 97.1 cm³/mol. The molecule has 1 N–H and O–H groups in total. The molecule has 1 atom stereocenters. The highest BCUT2D eigenvalue weighted by molar-refractivity contribution is 5.99. The molecule has 0 radical (unpaired) electrons. The number of piperidine rings is 1. The monoisotopic (exact) mass is 337 g/mol. The Bertz CT molecular complexity index is 756. The molecule has 3 heterocycles. The molecular weight excluding hydrogens is 314 g/mol. The third kappa shape index (κ3) is 3.31. The molecule has 4 rings (SSSR count). The van der Waals surface area contributed by atoms with E-state index in [0.717, 1.165) is 49.5 Å². The van der Waals surface area contributed by atoms with E-state index in [2.05, 4.69) is 15.2 Å². The number of nitrogens with zero attached hydrogens (tertiary/aromatic N) is 2. The third-order valence-electron chi connectivity index (χ3n) is 4.95. The fraction of sp³-hybridized carbons (Fsp3) is 0.400. The largest absolute Gasteiger partial charge is 0.493 e. The van der Waals surface area contributed by atoms with Gasteiger partial charge in [-0.15, -0.1) is 0 Å². The summed E-state index contributed by atoms with van der Waals surface area (Å²) in [6.45, 7) is 2.56. The summed E-state index contributed by atoms with van der Waals surface area (Å²) in [5, 5.41) is 3.19. The predicted octanol–water partition coefficient (Wildman–Crippen LogP) is 3.33. The zero-order valence-corrected chi connectivity index (χ0v) is 14.3. The van der Waals surface area contributed by atoms with Crippen molar-refractivity contribution in [2.75, 3.05) is 24.6 Å². The van der Waals surface area contributed by atoms with Gasteiger partial charge in [-0.2, -0.15) is 0 Å². The van der Waals surface area contributed by atoms with Crippen molar-refractivity contribution in [1.82, 2.24) is 10.3 Å². The number of hydrogen-bond acceptors (Lipinski definition) is 4. The maximum atomic E-state index is 13.0. The molecule has 25 heavy (non-hydrogen) atoms. The van der Waals surface area contributed by atoms with Crippen LogP contribution in [0.5, 0.6) is 5.75 Å². The molecule has 1 saturated heterocycles. The first-order valence-electron chi connectivity index (χ1n) is 9.05. The molecule has 2 aromatic rings. The van der Waals surface area contributed by atoms with Crippen molar-refractivity contribution < 1.29 is 9.53 Å². The van der Waals surface area contributed by atoms with Crippen LogP contribution in [0.1, 0.15) is 47.6 Å². The average molecular weight is 337 g/mol. The van der Waals surface area contributed by atoms with Gasteiger partial charge in [0.25, 0.3) is 5.91 Å². The number of benzene rings is 1. The van der Waals surface area contributed by atoms with Crippen molar-refractivity contribution in [2.45, 2.75) is 31.7 Å². The highest BCUT2D eigenvalue weighted by Gasteiger charge is 2.25. The van der Waals surface area contributed by atoms with Gasteiger partial charge >= 0.3 is 0 Å². The van der Waals surface area contributed by atoms with Gasteiger partial charge in [-0.1, -0.05) is 18.2 Å². The van der Waals surface area contributed by atoms with Crippen LogP contribution in [0, 0.1) is 0 Å². The van der Waals surface area contributed by atoms with Crippen molar-refractivity contribution in [3.63, 3.8) is 0 Å². The highest BCUT2D eigenvalue weighted by atomic mass is 16.5. The van der Waals surface area contributed by atoms with Crippen molar-refractivity contribution >= 4 is 11.7 Å². The van der Waals surface area contributed by atoms with Crippen LogP contribution in [0.3, 0.4) is 0 Å². The van der Waals surface area contributed by atoms with Crippen LogP contribution in [0.4, 0.5) is 5.82 Å². The summed E-state index contributed by atoms with van der Waals surface area (Å²) in [5.74, 6) is 1.61. The molecule has 0 bridgehead atoms. The minimum atomic E-state index is -0.0598. The third-order valence-corrected chi connectivity index (χ3v) is 4.95. The molecular formula is C20H23N3O2. The number of rotatable bonds is 3. The SMILES string of the molecule is O=C(N[C@H]1CCOc2ccccc21)c1cccnc1N1CCCCC1. The van der Waals surface area contributed by atoms with E-state index in [9.17, 15) is 4.79 Å². The second-order valence-electron chi connectivity index (χ2n) is 6.62. The zero-order chi connectivity index (χ0) is 17.1. The lowest BCUT2D eigenvalue weighted by atomic mass is 10.00. The maximum Gasteiger partial charge on any atom is 0.255 e. The Morgan fingerprint density at radius 2 is 1.96 bits per heavy atom. The van der Waals surface area contributed by atoms with Crippen LogP contribution >= 0.6 is 0 Å². The summed E-state index contributed by atoms with van der Waals surface area (Å²) < 4.78 is 5.69. The Morgan fingerprint density at radius 3 is 2.84 bits per heavy atom. The molecule has 5 nitrogen and oxygen atoms in total. The van der Waals surface area contributed by atoms with Crippen LogP contribution in [0.2, 0.25) is 0 Å². The summed E-state index contributed by atoms with van der Waals surface area (Å²) in [6, 6.07) is 11.6. The van der Waals surface area contributed by atoms with E-state index in [4.69, 9.17) is 4.74 Å². The number of amides is 1. The normalized spacial score (nSPS) is 19.7. The van der Waals surface area contributed by atoms with E-state index in [0.29, 0.717) is 12.2 Å². The fourth-order valence-electron chi connectivity index (χ4n) is 3.66. The van der Waals surface area contributed by atoms with Crippen LogP contribution < -0.4 is 15.0 Å². The number of carbonyl (C=O) groups is 1. The molecule has 130 valence electrons. The highest BCUT2D eigenvalue weighted by Crippen LogP contribution is 2.32. The minimum absolute atomic E-state index is 0.0214. The molecule has 5 heteroatoms. The Labute approximate surface area is 148 Å². The topological polar surface area (TPSA) is 54.5 Å². The van der Waals surface area contributed by atoms with Crippen molar-refractivity contribution in [3.8, 4) is 5.75 Å². The lowest BCUT2D eigenvalue weighted by molar-refractivity contribution is 0.0925. The van der Waals surface area contributed by atoms with Crippen molar-refractivity contribution in [1.29, 1.82) is 0 Å². The summed E-state index contributed by atoms with van der Waals surface area (Å²) in [6.07, 6.45) is 6.12. The van der Waals surface area contributed by atoms with E-state index in [1.54, 1.807) is 6.20 Å². The van der Waals surface area contributed by atoms with Gasteiger partial charge < -0.3 is 15.0 Å². The van der Waals surface area contributed by atoms with Crippen LogP contribution in [-0.2, 0) is 0 Å². The second-order valence-corrected chi connectivity index (χ2v) is 6.62. The number of para-hydroxylation sites is 1. The number of aromatic nitrogens is 1. The molecule has 0 unspecified atom stereocenters. The molecule has 1 amide bonds. The van der Waals surface area contributed by atoms with E-state index >= 15 is 0 Å². The van der Waals surface area contributed by atoms with Gasteiger partial charge in [0.15, 0.2) is 0 Å². The molecule has 0 aliphatic carbocycles. The minimum Gasteiger partial charge on any atom is -0.493 e. The van der Waals surface area contributed by atoms with E-state index in [-0.39, 0.29) is 11.9 Å². The van der Waals surface area contributed by atoms with Gasteiger partial charge in [0.05, 0.1) is 18.2 Å². The summed E-state index contributed by atoms with van der Waals surface area (Å²) in [7, 11) is 0. The first-order valence-corrected chi connectivity index (χ1v) is 9.05. The lowest BCUT2D eigenvalue weighted by Crippen LogP contribution is -2.35. The first-order chi connectivity index (χ1) is 12.3. The number of ether oxygens (including phenoxy) is 1. The Balaban J connectivity index is 1.56. The number of hydrogen-bond donors (Lipinski definition) is 1. The molecule has 1 aromatic heterocycles. The van der Waals surface area contributed by atoms with Crippen LogP contribution in [0.25, 0.3) is 0 Å². The summed E-state index contributed by atoms with van der Waals surface area (Å²) in [5.41, 5.74) is 1.71. The molecule has 0 spiro atoms. The van der Waals surface area contributed by atoms with E-state index in [1.807, 2.05) is 36.4 Å². The number of fused-ring (bicyclic) bond motifs is 1. The van der Waals surface area contributed by atoms with Crippen LogP contribution in [-0.4, -0.2) is 30.6 Å². The smallest absolute Gasteiger partial charge is 0.255 e. The van der Waals surface area contributed by atoms with Crippen molar-refractivity contribution in [2.24, 2.45) is 0 Å². The molecule has 2 aliphatic heterocycles. The van der Waals surface area contributed by atoms with Gasteiger partial charge in [0.1, 0.15) is 11.6 Å². The number of nitrogens with one attached hydrogen (secondary N) is 1. The average Bonchev–Trinajstić information content (AvgIpc) is 2.69. The van der Waals surface area contributed by atoms with E-state index in [1.165, 1.54) is 6.42 Å². The molecule has 1 fully saturated rings. The van der Waals surface area contributed by atoms with Crippen LogP contribution in [0.15, 0.2) is 42.6 Å². The van der Waals surface area contributed by atoms with Gasteiger partial charge in [-0.25, -0.2) is 4.98 Å². The number of anilines is 1. The summed E-state index contributed by atoms with van der Waals surface area (Å²) in [4.78, 5) is 19.7. The second kappa shape index (κ2) is 7.13. The van der Waals surface area contributed by atoms with Crippen molar-refractivity contribution in [3.05, 3.63) is 53.7 Å².